The van der Waals surface area contributed by atoms with E-state index in [2.05, 4.69) is 38.3 Å². The van der Waals surface area contributed by atoms with Crippen LogP contribution in [0.2, 0.25) is 0 Å². The molecule has 3 N–H and O–H groups in total. The van der Waals surface area contributed by atoms with Crippen LogP contribution in [0.5, 0.6) is 0 Å². The Bertz CT molecular complexity index is 340. The summed E-state index contributed by atoms with van der Waals surface area (Å²) < 4.78 is 0. The molecule has 1 fully saturated rings. The van der Waals surface area contributed by atoms with Crippen molar-refractivity contribution in [1.29, 1.82) is 0 Å². The van der Waals surface area contributed by atoms with Crippen LogP contribution in [0.3, 0.4) is 0 Å². The molecule has 0 aromatic rings. The summed E-state index contributed by atoms with van der Waals surface area (Å²) in [6.07, 6.45) is 1.92. The monoisotopic (exact) mass is 270 g/mol. The topological polar surface area (TPSA) is 78.4 Å². The number of amides is 2. The number of hydrogen-bond acceptors (Lipinski definition) is 2. The van der Waals surface area contributed by atoms with Gasteiger partial charge in [-0.05, 0) is 30.1 Å². The van der Waals surface area contributed by atoms with Gasteiger partial charge in [-0.1, -0.05) is 27.7 Å². The van der Waals surface area contributed by atoms with Gasteiger partial charge in [0.25, 0.3) is 0 Å². The van der Waals surface area contributed by atoms with Crippen LogP contribution in [0, 0.1) is 17.3 Å². The standard InChI is InChI=1S/C14H26N2O3/c1-9(2)5-10(6-12(17)18)8-15-13(19)16-11-7-14(11,3)4/h9-11H,5-8H2,1-4H3,(H,17,18)(H2,15,16,19)/t10-,11?/m0/s1. The van der Waals surface area contributed by atoms with E-state index in [4.69, 9.17) is 5.11 Å². The number of nitrogens with one attached hydrogen (secondary N) is 2. The molecule has 0 aromatic carbocycles. The molecular weight excluding hydrogens is 244 g/mol. The molecule has 0 spiro atoms. The normalized spacial score (nSPS) is 21.8. The van der Waals surface area contributed by atoms with E-state index in [0.717, 1.165) is 12.8 Å². The highest BCUT2D eigenvalue weighted by Gasteiger charge is 2.46. The number of carbonyl (C=O) groups excluding carboxylic acids is 1. The molecule has 110 valence electrons. The minimum absolute atomic E-state index is 0.00420. The van der Waals surface area contributed by atoms with Gasteiger partial charge in [-0.3, -0.25) is 4.79 Å². The van der Waals surface area contributed by atoms with Crippen LogP contribution in [-0.2, 0) is 4.79 Å². The molecule has 19 heavy (non-hydrogen) atoms. The third-order valence-electron chi connectivity index (χ3n) is 3.64. The zero-order chi connectivity index (χ0) is 14.6. The summed E-state index contributed by atoms with van der Waals surface area (Å²) in [5, 5.41) is 14.6. The SMILES string of the molecule is CC(C)C[C@H](CNC(=O)NC1CC1(C)C)CC(=O)O. The minimum atomic E-state index is -0.809. The fourth-order valence-electron chi connectivity index (χ4n) is 2.31. The quantitative estimate of drug-likeness (QED) is 0.663. The van der Waals surface area contributed by atoms with E-state index in [-0.39, 0.29) is 29.8 Å². The van der Waals surface area contributed by atoms with E-state index in [0.29, 0.717) is 12.5 Å². The maximum Gasteiger partial charge on any atom is 0.315 e. The van der Waals surface area contributed by atoms with Crippen molar-refractivity contribution < 1.29 is 14.7 Å². The molecular formula is C14H26N2O3. The van der Waals surface area contributed by atoms with Gasteiger partial charge >= 0.3 is 12.0 Å². The summed E-state index contributed by atoms with van der Waals surface area (Å²) in [6, 6.07) is 0.0604. The molecule has 5 heteroatoms. The molecule has 5 nitrogen and oxygen atoms in total. The molecule has 1 aliphatic carbocycles. The first kappa shape index (κ1) is 15.8. The van der Waals surface area contributed by atoms with Crippen molar-refractivity contribution in [3.63, 3.8) is 0 Å². The van der Waals surface area contributed by atoms with Crippen LogP contribution in [0.15, 0.2) is 0 Å². The largest absolute Gasteiger partial charge is 0.481 e. The van der Waals surface area contributed by atoms with E-state index in [9.17, 15) is 9.59 Å². The van der Waals surface area contributed by atoms with Gasteiger partial charge in [-0.2, -0.15) is 0 Å². The second kappa shape index (κ2) is 6.26. The van der Waals surface area contributed by atoms with Gasteiger partial charge in [0.15, 0.2) is 0 Å². The van der Waals surface area contributed by atoms with Gasteiger partial charge in [0.1, 0.15) is 0 Å². The van der Waals surface area contributed by atoms with Crippen molar-refractivity contribution in [3.8, 4) is 0 Å². The first-order chi connectivity index (χ1) is 8.70. The van der Waals surface area contributed by atoms with Crippen LogP contribution in [-0.4, -0.2) is 29.7 Å². The van der Waals surface area contributed by atoms with E-state index in [1.807, 2.05) is 0 Å². The zero-order valence-electron chi connectivity index (χ0n) is 12.3. The van der Waals surface area contributed by atoms with Gasteiger partial charge in [-0.25, -0.2) is 4.79 Å². The van der Waals surface area contributed by atoms with Crippen LogP contribution in [0.4, 0.5) is 4.79 Å². The van der Waals surface area contributed by atoms with Gasteiger partial charge in [0.05, 0.1) is 0 Å². The molecule has 0 radical (unpaired) electrons. The van der Waals surface area contributed by atoms with Crippen molar-refractivity contribution in [3.05, 3.63) is 0 Å². The Morgan fingerprint density at radius 3 is 2.37 bits per heavy atom. The molecule has 0 heterocycles. The first-order valence-corrected chi connectivity index (χ1v) is 6.97. The number of carboxylic acid groups (broad SMARTS) is 1. The number of carboxylic acids is 1. The lowest BCUT2D eigenvalue weighted by molar-refractivity contribution is -0.138. The Morgan fingerprint density at radius 2 is 1.95 bits per heavy atom. The second-order valence-electron chi connectivity index (χ2n) is 6.69. The molecule has 0 aromatic heterocycles. The van der Waals surface area contributed by atoms with Gasteiger partial charge in [-0.15, -0.1) is 0 Å². The van der Waals surface area contributed by atoms with E-state index in [1.165, 1.54) is 0 Å². The Balaban J connectivity index is 2.30. The minimum Gasteiger partial charge on any atom is -0.481 e. The Morgan fingerprint density at radius 1 is 1.37 bits per heavy atom. The van der Waals surface area contributed by atoms with Gasteiger partial charge in [0, 0.05) is 19.0 Å². The van der Waals surface area contributed by atoms with Crippen LogP contribution in [0.25, 0.3) is 0 Å². The number of aliphatic carboxylic acids is 1. The fourth-order valence-corrected chi connectivity index (χ4v) is 2.31. The van der Waals surface area contributed by atoms with Crippen LogP contribution < -0.4 is 10.6 Å². The second-order valence-corrected chi connectivity index (χ2v) is 6.69. The van der Waals surface area contributed by atoms with E-state index < -0.39 is 5.97 Å². The average Bonchev–Trinajstić information content (AvgIpc) is 2.80. The molecule has 0 bridgehead atoms. The molecule has 1 aliphatic rings. The summed E-state index contributed by atoms with van der Waals surface area (Å²) in [5.74, 6) is -0.386. The molecule has 1 rings (SSSR count). The predicted molar refractivity (Wildman–Crippen MR) is 73.9 cm³/mol. The number of rotatable bonds is 7. The first-order valence-electron chi connectivity index (χ1n) is 6.97. The zero-order valence-corrected chi connectivity index (χ0v) is 12.3. The molecule has 2 atom stereocenters. The van der Waals surface area contributed by atoms with Crippen LogP contribution in [0.1, 0.15) is 47.0 Å². The summed E-state index contributed by atoms with van der Waals surface area (Å²) in [4.78, 5) is 22.5. The highest BCUT2D eigenvalue weighted by molar-refractivity contribution is 5.75. The maximum atomic E-state index is 11.7. The molecule has 2 amide bonds. The Kier molecular flexibility index (Phi) is 5.20. The Hall–Kier alpha value is -1.26. The lowest BCUT2D eigenvalue weighted by Crippen LogP contribution is -2.41. The Labute approximate surface area is 115 Å². The van der Waals surface area contributed by atoms with Crippen LogP contribution >= 0.6 is 0 Å². The van der Waals surface area contributed by atoms with E-state index >= 15 is 0 Å². The smallest absolute Gasteiger partial charge is 0.315 e. The molecule has 0 saturated heterocycles. The third kappa shape index (κ3) is 5.94. The highest BCUT2D eigenvalue weighted by Crippen LogP contribution is 2.44. The summed E-state index contributed by atoms with van der Waals surface area (Å²) in [5.41, 5.74) is 0.204. The summed E-state index contributed by atoms with van der Waals surface area (Å²) >= 11 is 0. The van der Waals surface area contributed by atoms with Crippen molar-refractivity contribution in [2.45, 2.75) is 53.0 Å². The molecule has 0 aliphatic heterocycles. The maximum absolute atomic E-state index is 11.7. The number of carbonyl (C=O) groups is 2. The average molecular weight is 270 g/mol. The fraction of sp³-hybridized carbons (Fsp3) is 0.857. The predicted octanol–water partition coefficient (Wildman–Crippen LogP) is 2.22. The highest BCUT2D eigenvalue weighted by atomic mass is 16.4. The summed E-state index contributed by atoms with van der Waals surface area (Å²) in [7, 11) is 0. The van der Waals surface area contributed by atoms with Crippen molar-refractivity contribution in [1.82, 2.24) is 10.6 Å². The van der Waals surface area contributed by atoms with Gasteiger partial charge < -0.3 is 15.7 Å². The third-order valence-corrected chi connectivity index (χ3v) is 3.64. The van der Waals surface area contributed by atoms with Gasteiger partial charge in [0.2, 0.25) is 0 Å². The summed E-state index contributed by atoms with van der Waals surface area (Å²) in [6.45, 7) is 8.76. The molecule has 1 saturated carbocycles. The van der Waals surface area contributed by atoms with E-state index in [1.54, 1.807) is 0 Å². The number of urea groups is 1. The van der Waals surface area contributed by atoms with Crippen molar-refractivity contribution >= 4 is 12.0 Å². The lowest BCUT2D eigenvalue weighted by atomic mass is 9.94. The van der Waals surface area contributed by atoms with Crippen molar-refractivity contribution in [2.75, 3.05) is 6.54 Å². The molecule has 1 unspecified atom stereocenters. The number of hydrogen-bond donors (Lipinski definition) is 3. The lowest BCUT2D eigenvalue weighted by Gasteiger charge is -2.18. The van der Waals surface area contributed by atoms with Crippen molar-refractivity contribution in [2.24, 2.45) is 17.3 Å².